The Morgan fingerprint density at radius 2 is 1.53 bits per heavy atom. The largest absolute Gasteiger partial charge is 0.416 e. The lowest BCUT2D eigenvalue weighted by Gasteiger charge is -2.42. The first-order valence-electron chi connectivity index (χ1n) is 12.6. The van der Waals surface area contributed by atoms with E-state index in [1.54, 1.807) is 0 Å². The highest BCUT2D eigenvalue weighted by Gasteiger charge is 2.40. The third-order valence-electron chi connectivity index (χ3n) is 7.26. The van der Waals surface area contributed by atoms with E-state index in [0.29, 0.717) is 30.7 Å². The van der Waals surface area contributed by atoms with Crippen LogP contribution in [0.5, 0.6) is 0 Å². The minimum Gasteiger partial charge on any atom is -0.352 e. The van der Waals surface area contributed by atoms with Crippen LogP contribution in [-0.4, -0.2) is 37.4 Å². The SMILES string of the molecule is CC(OC1OCCC(CN2CCCCC2)C1c1ccc(F)c(F)c1)c1cc(C(F)(F)F)cc(C(F)(F)F)c1. The van der Waals surface area contributed by atoms with Gasteiger partial charge in [-0.25, -0.2) is 8.78 Å². The van der Waals surface area contributed by atoms with Crippen LogP contribution < -0.4 is 0 Å². The smallest absolute Gasteiger partial charge is 0.352 e. The fourth-order valence-electron chi connectivity index (χ4n) is 5.29. The zero-order valence-corrected chi connectivity index (χ0v) is 20.7. The molecule has 2 aromatic carbocycles. The molecule has 0 amide bonds. The predicted molar refractivity (Wildman–Crippen MR) is 123 cm³/mol. The summed E-state index contributed by atoms with van der Waals surface area (Å²) in [7, 11) is 0. The fraction of sp³-hybridized carbons (Fsp3) is 0.556. The molecule has 0 bridgehead atoms. The van der Waals surface area contributed by atoms with Gasteiger partial charge in [0.15, 0.2) is 17.9 Å². The monoisotopic (exact) mass is 551 g/mol. The van der Waals surface area contributed by atoms with Gasteiger partial charge < -0.3 is 14.4 Å². The summed E-state index contributed by atoms with van der Waals surface area (Å²) in [5, 5.41) is 0. The van der Waals surface area contributed by atoms with E-state index in [9.17, 15) is 35.1 Å². The molecule has 210 valence electrons. The molecule has 0 spiro atoms. The number of nitrogens with zero attached hydrogens (tertiary/aromatic N) is 1. The maximum Gasteiger partial charge on any atom is 0.416 e. The molecular formula is C27H29F8NO2. The van der Waals surface area contributed by atoms with Crippen LogP contribution in [0.1, 0.15) is 66.9 Å². The Bertz CT molecular complexity index is 1070. The molecule has 2 aromatic rings. The first-order valence-corrected chi connectivity index (χ1v) is 12.6. The molecule has 0 N–H and O–H groups in total. The summed E-state index contributed by atoms with van der Waals surface area (Å²) in [4.78, 5) is 2.27. The van der Waals surface area contributed by atoms with E-state index in [4.69, 9.17) is 9.47 Å². The molecule has 2 heterocycles. The van der Waals surface area contributed by atoms with Crippen molar-refractivity contribution in [2.24, 2.45) is 5.92 Å². The van der Waals surface area contributed by atoms with Crippen molar-refractivity contribution in [3.63, 3.8) is 0 Å². The van der Waals surface area contributed by atoms with Gasteiger partial charge in [-0.1, -0.05) is 12.5 Å². The lowest BCUT2D eigenvalue weighted by Crippen LogP contribution is -2.43. The first-order chi connectivity index (χ1) is 17.8. The van der Waals surface area contributed by atoms with Gasteiger partial charge in [0.2, 0.25) is 0 Å². The molecule has 4 unspecified atom stereocenters. The molecule has 38 heavy (non-hydrogen) atoms. The van der Waals surface area contributed by atoms with Gasteiger partial charge in [-0.15, -0.1) is 0 Å². The van der Waals surface area contributed by atoms with Crippen LogP contribution >= 0.6 is 0 Å². The molecule has 11 heteroatoms. The van der Waals surface area contributed by atoms with Crippen molar-refractivity contribution in [2.75, 3.05) is 26.2 Å². The zero-order chi connectivity index (χ0) is 27.7. The maximum atomic E-state index is 14.2. The topological polar surface area (TPSA) is 21.7 Å². The Hall–Kier alpha value is -2.24. The van der Waals surface area contributed by atoms with E-state index in [1.165, 1.54) is 13.0 Å². The third kappa shape index (κ3) is 6.84. The van der Waals surface area contributed by atoms with Gasteiger partial charge in [0.25, 0.3) is 0 Å². The molecule has 3 nitrogen and oxygen atoms in total. The van der Waals surface area contributed by atoms with Gasteiger partial charge >= 0.3 is 12.4 Å². The van der Waals surface area contributed by atoms with Crippen molar-refractivity contribution in [3.05, 3.63) is 70.3 Å². The van der Waals surface area contributed by atoms with Crippen molar-refractivity contribution in [3.8, 4) is 0 Å². The van der Waals surface area contributed by atoms with Gasteiger partial charge in [0.1, 0.15) is 0 Å². The molecule has 4 rings (SSSR count). The summed E-state index contributed by atoms with van der Waals surface area (Å²) in [6, 6.07) is 4.76. The van der Waals surface area contributed by atoms with Gasteiger partial charge in [-0.3, -0.25) is 0 Å². The number of hydrogen-bond donors (Lipinski definition) is 0. The average Bonchev–Trinajstić information content (AvgIpc) is 2.85. The second-order valence-electron chi connectivity index (χ2n) is 9.97. The second kappa shape index (κ2) is 11.5. The molecular weight excluding hydrogens is 522 g/mol. The molecule has 2 saturated heterocycles. The van der Waals surface area contributed by atoms with Crippen LogP contribution in [0.15, 0.2) is 36.4 Å². The quantitative estimate of drug-likeness (QED) is 0.343. The van der Waals surface area contributed by atoms with Crippen LogP contribution in [0.4, 0.5) is 35.1 Å². The molecule has 0 saturated carbocycles. The molecule has 2 aliphatic rings. The highest BCUT2D eigenvalue weighted by Crippen LogP contribution is 2.42. The Labute approximate surface area is 215 Å². The van der Waals surface area contributed by atoms with Crippen LogP contribution in [0.2, 0.25) is 0 Å². The van der Waals surface area contributed by atoms with E-state index in [-0.39, 0.29) is 24.2 Å². The van der Waals surface area contributed by atoms with Gasteiger partial charge in [-0.05, 0) is 86.7 Å². The number of ether oxygens (including phenoxy) is 2. The molecule has 2 aliphatic heterocycles. The van der Waals surface area contributed by atoms with Crippen LogP contribution in [0.25, 0.3) is 0 Å². The van der Waals surface area contributed by atoms with Crippen molar-refractivity contribution in [1.82, 2.24) is 4.90 Å². The van der Waals surface area contributed by atoms with E-state index in [0.717, 1.165) is 44.5 Å². The summed E-state index contributed by atoms with van der Waals surface area (Å²) in [6.45, 7) is 3.98. The van der Waals surface area contributed by atoms with Crippen molar-refractivity contribution < 1.29 is 44.6 Å². The van der Waals surface area contributed by atoms with Crippen molar-refractivity contribution in [2.45, 2.75) is 63.3 Å². The van der Waals surface area contributed by atoms with Crippen molar-refractivity contribution in [1.29, 1.82) is 0 Å². The fourth-order valence-corrected chi connectivity index (χ4v) is 5.29. The Morgan fingerprint density at radius 3 is 2.11 bits per heavy atom. The number of hydrogen-bond acceptors (Lipinski definition) is 3. The van der Waals surface area contributed by atoms with E-state index < -0.39 is 53.4 Å². The Kier molecular flexibility index (Phi) is 8.68. The van der Waals surface area contributed by atoms with E-state index in [1.807, 2.05) is 0 Å². The Balaban J connectivity index is 1.65. The van der Waals surface area contributed by atoms with E-state index >= 15 is 0 Å². The minimum absolute atomic E-state index is 0.0616. The van der Waals surface area contributed by atoms with E-state index in [2.05, 4.69) is 4.90 Å². The number of halogens is 8. The van der Waals surface area contributed by atoms with Crippen LogP contribution in [-0.2, 0) is 21.8 Å². The highest BCUT2D eigenvalue weighted by molar-refractivity contribution is 5.35. The Morgan fingerprint density at radius 1 is 0.895 bits per heavy atom. The third-order valence-corrected chi connectivity index (χ3v) is 7.26. The summed E-state index contributed by atoms with van der Waals surface area (Å²) in [6.07, 6.45) is -8.53. The number of likely N-dealkylation sites (tertiary alicyclic amines) is 1. The van der Waals surface area contributed by atoms with Gasteiger partial charge in [0, 0.05) is 12.5 Å². The maximum absolute atomic E-state index is 14.2. The number of alkyl halides is 6. The average molecular weight is 552 g/mol. The normalized spacial score (nSPS) is 24.4. The molecule has 2 fully saturated rings. The number of rotatable bonds is 6. The lowest BCUT2D eigenvalue weighted by atomic mass is 9.81. The number of benzene rings is 2. The van der Waals surface area contributed by atoms with Gasteiger partial charge in [0.05, 0.1) is 23.8 Å². The van der Waals surface area contributed by atoms with Crippen LogP contribution in [0.3, 0.4) is 0 Å². The van der Waals surface area contributed by atoms with Gasteiger partial charge in [-0.2, -0.15) is 26.3 Å². The molecule has 0 aromatic heterocycles. The standard InChI is InChI=1S/C27H29F8NO2/c1-16(19-11-20(26(30,31)32)14-21(12-19)27(33,34)35)38-25-24(17-5-6-22(28)23(29)13-17)18(7-10-37-25)15-36-8-3-2-4-9-36/h5-6,11-14,16,18,24-25H,2-4,7-10,15H2,1H3. The summed E-state index contributed by atoms with van der Waals surface area (Å²) >= 11 is 0. The minimum atomic E-state index is -5.00. The molecule has 0 aliphatic carbocycles. The number of piperidine rings is 1. The molecule has 4 atom stereocenters. The summed E-state index contributed by atoms with van der Waals surface area (Å²) < 4.78 is 120. The highest BCUT2D eigenvalue weighted by atomic mass is 19.4. The molecule has 0 radical (unpaired) electrons. The predicted octanol–water partition coefficient (Wildman–Crippen LogP) is 7.71. The first kappa shape index (κ1) is 28.8. The lowest BCUT2D eigenvalue weighted by molar-refractivity contribution is -0.210. The summed E-state index contributed by atoms with van der Waals surface area (Å²) in [5.41, 5.74) is -2.81. The van der Waals surface area contributed by atoms with Crippen molar-refractivity contribution >= 4 is 0 Å². The van der Waals surface area contributed by atoms with Crippen LogP contribution in [0, 0.1) is 17.6 Å². The summed E-state index contributed by atoms with van der Waals surface area (Å²) in [5.74, 6) is -2.83. The zero-order valence-electron chi connectivity index (χ0n) is 20.7. The second-order valence-corrected chi connectivity index (χ2v) is 9.97.